The molecule has 0 saturated carbocycles. The van der Waals surface area contributed by atoms with Gasteiger partial charge < -0.3 is 29.8 Å². The van der Waals surface area contributed by atoms with Crippen LogP contribution in [0, 0.1) is 0 Å². The van der Waals surface area contributed by atoms with Gasteiger partial charge >= 0.3 is 0 Å². The number of carbonyl (C=O) groups is 1. The number of halogens is 1. The highest BCUT2D eigenvalue weighted by molar-refractivity contribution is 14.0. The first-order valence-electron chi connectivity index (χ1n) is 8.98. The second-order valence-corrected chi connectivity index (χ2v) is 5.89. The highest BCUT2D eigenvalue weighted by Gasteiger charge is 2.11. The zero-order valence-corrected chi connectivity index (χ0v) is 18.0. The van der Waals surface area contributed by atoms with Crippen LogP contribution in [0.5, 0.6) is 11.5 Å². The number of fused-ring (bicyclic) bond motifs is 1. The van der Waals surface area contributed by atoms with Crippen molar-refractivity contribution in [1.82, 2.24) is 10.6 Å². The summed E-state index contributed by atoms with van der Waals surface area (Å²) in [6.07, 6.45) is 2.43. The number of nitrogens with one attached hydrogen (secondary N) is 3. The summed E-state index contributed by atoms with van der Waals surface area (Å²) in [5.74, 6) is 2.45. The van der Waals surface area contributed by atoms with Gasteiger partial charge in [-0.15, -0.1) is 24.0 Å². The first-order valence-corrected chi connectivity index (χ1v) is 8.98. The van der Waals surface area contributed by atoms with E-state index in [4.69, 9.17) is 13.9 Å². The average Bonchev–Trinajstić information content (AvgIpc) is 3.09. The van der Waals surface area contributed by atoms with Crippen LogP contribution in [0.1, 0.15) is 19.1 Å². The lowest BCUT2D eigenvalue weighted by Crippen LogP contribution is -2.33. The first kappa shape index (κ1) is 21.9. The lowest BCUT2D eigenvalue weighted by molar-refractivity contribution is -0.119. The molecular formula is C19H25IN4O4. The predicted molar refractivity (Wildman–Crippen MR) is 118 cm³/mol. The zero-order valence-electron chi connectivity index (χ0n) is 15.7. The summed E-state index contributed by atoms with van der Waals surface area (Å²) >= 11 is 0. The van der Waals surface area contributed by atoms with Gasteiger partial charge in [0.2, 0.25) is 5.91 Å². The lowest BCUT2D eigenvalue weighted by atomic mass is 10.3. The molecule has 0 radical (unpaired) electrons. The molecule has 0 aliphatic carbocycles. The minimum Gasteiger partial charge on any atom is -0.490 e. The molecule has 1 aromatic heterocycles. The number of hydrogen-bond donors (Lipinski definition) is 3. The number of ether oxygens (including phenoxy) is 2. The molecule has 0 atom stereocenters. The molecule has 1 amide bonds. The predicted octanol–water partition coefficient (Wildman–Crippen LogP) is 2.75. The number of amides is 1. The van der Waals surface area contributed by atoms with E-state index in [2.05, 4.69) is 20.9 Å². The van der Waals surface area contributed by atoms with Gasteiger partial charge in [0.1, 0.15) is 12.3 Å². The van der Waals surface area contributed by atoms with Crippen molar-refractivity contribution < 1.29 is 18.7 Å². The second kappa shape index (κ2) is 11.4. The van der Waals surface area contributed by atoms with Gasteiger partial charge in [0.05, 0.1) is 26.0 Å². The summed E-state index contributed by atoms with van der Waals surface area (Å²) in [7, 11) is 0. The highest BCUT2D eigenvalue weighted by atomic mass is 127. The van der Waals surface area contributed by atoms with E-state index in [0.29, 0.717) is 43.8 Å². The van der Waals surface area contributed by atoms with E-state index in [1.165, 1.54) is 0 Å². The molecule has 3 N–H and O–H groups in total. The summed E-state index contributed by atoms with van der Waals surface area (Å²) < 4.78 is 16.5. The zero-order chi connectivity index (χ0) is 18.9. The number of hydrogen-bond acceptors (Lipinski definition) is 5. The summed E-state index contributed by atoms with van der Waals surface area (Å²) in [4.78, 5) is 16.3. The molecule has 1 aliphatic heterocycles. The van der Waals surface area contributed by atoms with E-state index in [1.54, 1.807) is 18.4 Å². The van der Waals surface area contributed by atoms with Gasteiger partial charge in [-0.05, 0) is 31.2 Å². The van der Waals surface area contributed by atoms with E-state index >= 15 is 0 Å². The van der Waals surface area contributed by atoms with Crippen LogP contribution in [0.25, 0.3) is 0 Å². The van der Waals surface area contributed by atoms with Crippen LogP contribution in [-0.2, 0) is 11.3 Å². The van der Waals surface area contributed by atoms with Crippen molar-refractivity contribution in [2.45, 2.75) is 19.9 Å². The van der Waals surface area contributed by atoms with Crippen molar-refractivity contribution in [2.24, 2.45) is 4.99 Å². The van der Waals surface area contributed by atoms with Crippen LogP contribution in [0.4, 0.5) is 5.69 Å². The van der Waals surface area contributed by atoms with E-state index in [0.717, 1.165) is 17.9 Å². The Kier molecular flexibility index (Phi) is 8.92. The summed E-state index contributed by atoms with van der Waals surface area (Å²) in [6, 6.07) is 9.20. The highest BCUT2D eigenvalue weighted by Crippen LogP contribution is 2.32. The number of anilines is 1. The maximum absolute atomic E-state index is 12.0. The minimum absolute atomic E-state index is 0. The summed E-state index contributed by atoms with van der Waals surface area (Å²) in [5, 5.41) is 9.06. The average molecular weight is 500 g/mol. The van der Waals surface area contributed by atoms with Gasteiger partial charge in [0.25, 0.3) is 0 Å². The monoisotopic (exact) mass is 500 g/mol. The van der Waals surface area contributed by atoms with Crippen molar-refractivity contribution in [3.63, 3.8) is 0 Å². The van der Waals surface area contributed by atoms with Gasteiger partial charge in [-0.3, -0.25) is 4.79 Å². The lowest BCUT2D eigenvalue weighted by Gasteiger charge is -2.13. The smallest absolute Gasteiger partial charge is 0.242 e. The van der Waals surface area contributed by atoms with Crippen molar-refractivity contribution >= 4 is 41.5 Å². The van der Waals surface area contributed by atoms with Crippen LogP contribution in [0.15, 0.2) is 46.0 Å². The van der Waals surface area contributed by atoms with Crippen LogP contribution in [0.2, 0.25) is 0 Å². The third-order valence-corrected chi connectivity index (χ3v) is 3.78. The Morgan fingerprint density at radius 2 is 1.96 bits per heavy atom. The fourth-order valence-corrected chi connectivity index (χ4v) is 2.49. The van der Waals surface area contributed by atoms with Gasteiger partial charge in [0.15, 0.2) is 17.5 Å². The topological polar surface area (TPSA) is 97.1 Å². The molecule has 0 saturated heterocycles. The fraction of sp³-hybridized carbons (Fsp3) is 0.368. The molecule has 9 heteroatoms. The Morgan fingerprint density at radius 3 is 2.71 bits per heavy atom. The number of rotatable bonds is 6. The summed E-state index contributed by atoms with van der Waals surface area (Å²) in [5.41, 5.74) is 0.801. The molecule has 8 nitrogen and oxygen atoms in total. The molecule has 152 valence electrons. The SMILES string of the molecule is CCNC(=NCC(=O)NCc1ccco1)Nc1ccc2c(c1)OCCCO2.I. The van der Waals surface area contributed by atoms with Crippen molar-refractivity contribution in [3.05, 3.63) is 42.4 Å². The first-order chi connectivity index (χ1) is 13.2. The van der Waals surface area contributed by atoms with Crippen LogP contribution < -0.4 is 25.4 Å². The third kappa shape index (κ3) is 6.63. The molecule has 0 spiro atoms. The molecule has 1 aliphatic rings. The largest absolute Gasteiger partial charge is 0.490 e. The molecule has 1 aromatic carbocycles. The quantitative estimate of drug-likeness (QED) is 0.321. The Balaban J connectivity index is 0.00000280. The minimum atomic E-state index is -0.192. The van der Waals surface area contributed by atoms with Crippen LogP contribution in [-0.4, -0.2) is 38.2 Å². The maximum Gasteiger partial charge on any atom is 0.242 e. The van der Waals surface area contributed by atoms with E-state index in [-0.39, 0.29) is 36.4 Å². The molecule has 0 fully saturated rings. The van der Waals surface area contributed by atoms with Crippen molar-refractivity contribution in [3.8, 4) is 11.5 Å². The van der Waals surface area contributed by atoms with Crippen LogP contribution >= 0.6 is 24.0 Å². The Hall–Kier alpha value is -2.43. The fourth-order valence-electron chi connectivity index (χ4n) is 2.49. The molecule has 2 aromatic rings. The second-order valence-electron chi connectivity index (χ2n) is 5.89. The normalized spacial score (nSPS) is 13.1. The van der Waals surface area contributed by atoms with Gasteiger partial charge in [0, 0.05) is 24.7 Å². The third-order valence-electron chi connectivity index (χ3n) is 3.78. The number of nitrogens with zero attached hydrogens (tertiary/aromatic N) is 1. The van der Waals surface area contributed by atoms with Gasteiger partial charge in [-0.1, -0.05) is 0 Å². The molecule has 0 bridgehead atoms. The van der Waals surface area contributed by atoms with Crippen molar-refractivity contribution in [1.29, 1.82) is 0 Å². The molecule has 2 heterocycles. The van der Waals surface area contributed by atoms with Crippen molar-refractivity contribution in [2.75, 3.05) is 31.6 Å². The maximum atomic E-state index is 12.0. The van der Waals surface area contributed by atoms with Gasteiger partial charge in [-0.2, -0.15) is 0 Å². The van der Waals surface area contributed by atoms with Gasteiger partial charge in [-0.25, -0.2) is 4.99 Å². The molecular weight excluding hydrogens is 475 g/mol. The molecule has 3 rings (SSSR count). The number of furan rings is 1. The van der Waals surface area contributed by atoms with E-state index < -0.39 is 0 Å². The number of carbonyl (C=O) groups excluding carboxylic acids is 1. The number of guanidine groups is 1. The standard InChI is InChI=1S/C19H24N4O4.HI/c1-2-20-19(22-13-18(24)21-12-15-5-3-8-25-15)23-14-6-7-16-17(11-14)27-10-4-9-26-16;/h3,5-8,11H,2,4,9-10,12-13H2,1H3,(H,21,24)(H2,20,22,23);1H. The number of benzene rings is 1. The van der Waals surface area contributed by atoms with Crippen LogP contribution in [0.3, 0.4) is 0 Å². The van der Waals surface area contributed by atoms with E-state index in [1.807, 2.05) is 25.1 Å². The molecule has 28 heavy (non-hydrogen) atoms. The molecule has 0 unspecified atom stereocenters. The Bertz CT molecular complexity index is 780. The summed E-state index contributed by atoms with van der Waals surface area (Å²) in [6.45, 7) is 4.25. The Labute approximate surface area is 181 Å². The van der Waals surface area contributed by atoms with E-state index in [9.17, 15) is 4.79 Å². The number of aliphatic imine (C=N–C) groups is 1. The Morgan fingerprint density at radius 1 is 1.14 bits per heavy atom.